The van der Waals surface area contributed by atoms with Crippen molar-refractivity contribution >= 4 is 27.3 Å². The lowest BCUT2D eigenvalue weighted by molar-refractivity contribution is 0.292. The first kappa shape index (κ1) is 11.1. The van der Waals surface area contributed by atoms with Crippen molar-refractivity contribution in [2.24, 2.45) is 0 Å². The molecular formula is C12H7BrN4OS. The molecule has 0 N–H and O–H groups in total. The van der Waals surface area contributed by atoms with Crippen molar-refractivity contribution in [2.75, 3.05) is 0 Å². The van der Waals surface area contributed by atoms with Crippen molar-refractivity contribution in [1.82, 2.24) is 20.0 Å². The van der Waals surface area contributed by atoms with Gasteiger partial charge in [-0.1, -0.05) is 6.07 Å². The van der Waals surface area contributed by atoms with Gasteiger partial charge in [0.2, 0.25) is 5.88 Å². The largest absolute Gasteiger partial charge is 0.472 e. The van der Waals surface area contributed by atoms with Gasteiger partial charge in [0.15, 0.2) is 3.92 Å². The molecule has 7 heteroatoms. The molecule has 4 rings (SSSR count). The third kappa shape index (κ3) is 1.77. The van der Waals surface area contributed by atoms with Crippen LogP contribution in [-0.4, -0.2) is 20.0 Å². The number of fused-ring (bicyclic) bond motifs is 3. The van der Waals surface area contributed by atoms with E-state index in [1.807, 2.05) is 12.1 Å². The second-order valence-corrected chi connectivity index (χ2v) is 6.32. The van der Waals surface area contributed by atoms with E-state index in [-0.39, 0.29) is 0 Å². The maximum atomic E-state index is 5.66. The molecule has 0 bridgehead atoms. The quantitative estimate of drug-likeness (QED) is 0.686. The van der Waals surface area contributed by atoms with Crippen LogP contribution >= 0.6 is 27.3 Å². The highest BCUT2D eigenvalue weighted by atomic mass is 79.9. The van der Waals surface area contributed by atoms with E-state index in [2.05, 4.69) is 37.2 Å². The Balaban J connectivity index is 1.86. The molecule has 1 aromatic carbocycles. The highest BCUT2D eigenvalue weighted by Crippen LogP contribution is 2.43. The number of hydrogen-bond donors (Lipinski definition) is 0. The molecule has 0 aliphatic carbocycles. The van der Waals surface area contributed by atoms with Gasteiger partial charge in [-0.05, 0) is 28.1 Å². The monoisotopic (exact) mass is 334 g/mol. The minimum atomic E-state index is 0.521. The van der Waals surface area contributed by atoms with Crippen LogP contribution in [0.5, 0.6) is 5.88 Å². The van der Waals surface area contributed by atoms with Gasteiger partial charge in [-0.3, -0.25) is 0 Å². The molecule has 1 aliphatic rings. The fourth-order valence-electron chi connectivity index (χ4n) is 2.09. The van der Waals surface area contributed by atoms with E-state index in [1.54, 1.807) is 28.5 Å². The highest BCUT2D eigenvalue weighted by molar-refractivity contribution is 9.11. The van der Waals surface area contributed by atoms with Crippen LogP contribution in [0.15, 0.2) is 34.5 Å². The summed E-state index contributed by atoms with van der Waals surface area (Å²) in [5, 5.41) is 8.26. The first-order valence-electron chi connectivity index (χ1n) is 5.60. The maximum absolute atomic E-state index is 5.66. The Kier molecular flexibility index (Phi) is 2.42. The first-order valence-corrected chi connectivity index (χ1v) is 7.21. The number of ether oxygens (including phenoxy) is 1. The smallest absolute Gasteiger partial charge is 0.234 e. The van der Waals surface area contributed by atoms with Crippen LogP contribution in [0.1, 0.15) is 5.56 Å². The van der Waals surface area contributed by atoms with Crippen LogP contribution < -0.4 is 4.74 Å². The molecule has 0 unspecified atom stereocenters. The predicted octanol–water partition coefficient (Wildman–Crippen LogP) is 3.05. The van der Waals surface area contributed by atoms with Crippen molar-refractivity contribution in [1.29, 1.82) is 0 Å². The molecule has 0 amide bonds. The van der Waals surface area contributed by atoms with Crippen LogP contribution in [0.4, 0.5) is 0 Å². The summed E-state index contributed by atoms with van der Waals surface area (Å²) in [6.45, 7) is 0.521. The van der Waals surface area contributed by atoms with Gasteiger partial charge in [-0.2, -0.15) is 20.0 Å². The summed E-state index contributed by atoms with van der Waals surface area (Å²) in [4.78, 5) is 6.96. The second kappa shape index (κ2) is 4.14. The van der Waals surface area contributed by atoms with E-state index < -0.39 is 0 Å². The Morgan fingerprint density at radius 3 is 2.95 bits per heavy atom. The topological polar surface area (TPSA) is 52.8 Å². The van der Waals surface area contributed by atoms with E-state index in [4.69, 9.17) is 4.74 Å². The molecule has 1 aliphatic heterocycles. The highest BCUT2D eigenvalue weighted by Gasteiger charge is 2.22. The Bertz CT molecular complexity index is 753. The van der Waals surface area contributed by atoms with Crippen molar-refractivity contribution in [3.8, 4) is 22.0 Å². The average Bonchev–Trinajstić information content (AvgIpc) is 3.05. The summed E-state index contributed by atoms with van der Waals surface area (Å²) < 4.78 is 6.50. The van der Waals surface area contributed by atoms with Gasteiger partial charge in [0.1, 0.15) is 6.61 Å². The number of halogens is 1. The van der Waals surface area contributed by atoms with Crippen molar-refractivity contribution in [3.05, 3.63) is 40.1 Å². The fraction of sp³-hybridized carbons (Fsp3) is 0.0833. The van der Waals surface area contributed by atoms with E-state index >= 15 is 0 Å². The zero-order valence-electron chi connectivity index (χ0n) is 9.58. The Morgan fingerprint density at radius 1 is 1.26 bits per heavy atom. The van der Waals surface area contributed by atoms with Gasteiger partial charge >= 0.3 is 0 Å². The molecular weight excluding hydrogens is 328 g/mol. The fourth-order valence-corrected chi connectivity index (χ4v) is 3.53. The molecule has 0 fully saturated rings. The maximum Gasteiger partial charge on any atom is 0.234 e. The Labute approximate surface area is 121 Å². The lowest BCUT2D eigenvalue weighted by atomic mass is 10.0. The Morgan fingerprint density at radius 2 is 2.11 bits per heavy atom. The normalized spacial score (nSPS) is 12.7. The summed E-state index contributed by atoms with van der Waals surface area (Å²) >= 11 is 4.97. The number of nitrogens with zero attached hydrogens (tertiary/aromatic N) is 4. The first-order chi connectivity index (χ1) is 9.31. The van der Waals surface area contributed by atoms with Crippen molar-refractivity contribution < 1.29 is 4.74 Å². The third-order valence-electron chi connectivity index (χ3n) is 2.92. The van der Waals surface area contributed by atoms with Gasteiger partial charge in [-0.15, -0.1) is 11.3 Å². The Hall–Kier alpha value is -1.73. The summed E-state index contributed by atoms with van der Waals surface area (Å²) in [6.07, 6.45) is 3.32. The minimum Gasteiger partial charge on any atom is -0.472 e. The minimum absolute atomic E-state index is 0.521. The number of aromatic nitrogens is 4. The molecule has 0 saturated carbocycles. The van der Waals surface area contributed by atoms with E-state index in [1.165, 1.54) is 5.56 Å². The number of rotatable bonds is 1. The molecule has 0 spiro atoms. The van der Waals surface area contributed by atoms with Crippen LogP contribution in [-0.2, 0) is 6.61 Å². The predicted molar refractivity (Wildman–Crippen MR) is 74.5 cm³/mol. The molecule has 0 saturated heterocycles. The van der Waals surface area contributed by atoms with Crippen LogP contribution in [0.25, 0.3) is 16.1 Å². The molecule has 0 radical (unpaired) electrons. The van der Waals surface area contributed by atoms with Crippen molar-refractivity contribution in [2.45, 2.75) is 6.61 Å². The molecule has 3 heterocycles. The summed E-state index contributed by atoms with van der Waals surface area (Å²) in [6, 6.07) is 6.12. The molecule has 2 aromatic heterocycles. The summed E-state index contributed by atoms with van der Waals surface area (Å²) in [5.41, 5.74) is 3.22. The van der Waals surface area contributed by atoms with E-state index in [0.717, 1.165) is 20.0 Å². The van der Waals surface area contributed by atoms with E-state index in [9.17, 15) is 0 Å². The van der Waals surface area contributed by atoms with E-state index in [0.29, 0.717) is 12.5 Å². The summed E-state index contributed by atoms with van der Waals surface area (Å²) in [5.74, 6) is 0.703. The van der Waals surface area contributed by atoms with Crippen LogP contribution in [0.2, 0.25) is 0 Å². The van der Waals surface area contributed by atoms with Gasteiger partial charge in [0.05, 0.1) is 23.0 Å². The SMILES string of the molecule is Brc1nc2c(s1)-c1ccc(-n3nccn3)cc1CO2. The third-order valence-corrected chi connectivity index (χ3v) is 4.44. The van der Waals surface area contributed by atoms with Gasteiger partial charge in [0.25, 0.3) is 0 Å². The zero-order valence-corrected chi connectivity index (χ0v) is 12.0. The number of thiazole rings is 1. The van der Waals surface area contributed by atoms with Crippen LogP contribution in [0, 0.1) is 0 Å². The van der Waals surface area contributed by atoms with Crippen LogP contribution in [0.3, 0.4) is 0 Å². The molecule has 5 nitrogen and oxygen atoms in total. The molecule has 3 aromatic rings. The lowest BCUT2D eigenvalue weighted by Gasteiger charge is -2.16. The van der Waals surface area contributed by atoms with Gasteiger partial charge < -0.3 is 4.74 Å². The van der Waals surface area contributed by atoms with Gasteiger partial charge in [-0.25, -0.2) is 0 Å². The summed E-state index contributed by atoms with van der Waals surface area (Å²) in [7, 11) is 0. The zero-order chi connectivity index (χ0) is 12.8. The molecule has 0 atom stereocenters. The number of benzene rings is 1. The second-order valence-electron chi connectivity index (χ2n) is 4.05. The lowest BCUT2D eigenvalue weighted by Crippen LogP contribution is -2.06. The van der Waals surface area contributed by atoms with Crippen molar-refractivity contribution in [3.63, 3.8) is 0 Å². The molecule has 19 heavy (non-hydrogen) atoms. The number of hydrogen-bond acceptors (Lipinski definition) is 5. The molecule has 94 valence electrons. The van der Waals surface area contributed by atoms with Gasteiger partial charge in [0, 0.05) is 11.1 Å². The standard InChI is InChI=1S/C12H7BrN4OS/c13-12-16-11-10(19-12)9-2-1-8(5-7(9)6-18-11)17-14-3-4-15-17/h1-5H,6H2. The average molecular weight is 335 g/mol.